The third kappa shape index (κ3) is 3.35. The lowest BCUT2D eigenvalue weighted by Gasteiger charge is -2.55. The molecule has 1 N–H and O–H groups in total. The number of rotatable bonds is 3. The largest absolute Gasteiger partial charge is 0.339 e. The summed E-state index contributed by atoms with van der Waals surface area (Å²) < 4.78 is 0. The maximum absolute atomic E-state index is 13.2. The molecule has 0 unspecified atom stereocenters. The fraction of sp³-hybridized carbons (Fsp3) is 0.667. The average molecular weight is 381 g/mol. The van der Waals surface area contributed by atoms with Crippen molar-refractivity contribution < 1.29 is 9.59 Å². The first-order valence-electron chi connectivity index (χ1n) is 11.3. The van der Waals surface area contributed by atoms with Crippen molar-refractivity contribution in [2.24, 2.45) is 23.2 Å². The van der Waals surface area contributed by atoms with E-state index in [1.165, 1.54) is 32.1 Å². The molecule has 4 nitrogen and oxygen atoms in total. The van der Waals surface area contributed by atoms with Gasteiger partial charge in [-0.15, -0.1) is 0 Å². The van der Waals surface area contributed by atoms with E-state index in [-0.39, 0.29) is 17.2 Å². The number of anilines is 1. The van der Waals surface area contributed by atoms with Crippen LogP contribution in [0.4, 0.5) is 5.69 Å². The Hall–Kier alpha value is -1.84. The van der Waals surface area contributed by atoms with E-state index in [9.17, 15) is 9.59 Å². The lowest BCUT2D eigenvalue weighted by Crippen LogP contribution is -2.51. The van der Waals surface area contributed by atoms with Crippen LogP contribution in [0.15, 0.2) is 24.3 Å². The van der Waals surface area contributed by atoms with Crippen molar-refractivity contribution in [1.29, 1.82) is 0 Å². The maximum atomic E-state index is 13.2. The lowest BCUT2D eigenvalue weighted by molar-refractivity contribution is -0.140. The molecule has 1 heterocycles. The summed E-state index contributed by atoms with van der Waals surface area (Å²) >= 11 is 0. The first-order chi connectivity index (χ1) is 13.6. The normalized spacial score (nSPS) is 34.1. The van der Waals surface area contributed by atoms with Crippen molar-refractivity contribution in [2.75, 3.05) is 18.4 Å². The summed E-state index contributed by atoms with van der Waals surface area (Å²) in [7, 11) is 0. The zero-order valence-corrected chi connectivity index (χ0v) is 16.8. The Morgan fingerprint density at radius 2 is 1.36 bits per heavy atom. The van der Waals surface area contributed by atoms with Gasteiger partial charge in [-0.05, 0) is 93.4 Å². The van der Waals surface area contributed by atoms with Crippen molar-refractivity contribution in [3.8, 4) is 0 Å². The standard InChI is InChI=1S/C24H32N2O2/c27-22(26-9-3-1-2-4-10-26)20-5-7-21(8-6-20)25-23(28)24-14-17-11-18(15-24)13-19(12-17)16-24/h5-8,17-19H,1-4,9-16H2,(H,25,28). The molecule has 4 aliphatic carbocycles. The van der Waals surface area contributed by atoms with E-state index in [2.05, 4.69) is 5.32 Å². The van der Waals surface area contributed by atoms with Gasteiger partial charge in [0.25, 0.3) is 5.91 Å². The number of carbonyl (C=O) groups excluding carboxylic acids is 2. The summed E-state index contributed by atoms with van der Waals surface area (Å²) in [5.74, 6) is 2.65. The molecule has 1 aromatic rings. The third-order valence-corrected chi connectivity index (χ3v) is 7.80. The Labute approximate surface area is 168 Å². The molecule has 0 radical (unpaired) electrons. The predicted molar refractivity (Wildman–Crippen MR) is 110 cm³/mol. The van der Waals surface area contributed by atoms with E-state index in [1.54, 1.807) is 0 Å². The predicted octanol–water partition coefficient (Wildman–Crippen LogP) is 4.86. The maximum Gasteiger partial charge on any atom is 0.253 e. The van der Waals surface area contributed by atoms with Gasteiger partial charge in [-0.3, -0.25) is 9.59 Å². The Balaban J connectivity index is 1.25. The molecule has 2 amide bonds. The van der Waals surface area contributed by atoms with Crippen LogP contribution in [0.25, 0.3) is 0 Å². The number of carbonyl (C=O) groups is 2. The highest BCUT2D eigenvalue weighted by atomic mass is 16.2. The van der Waals surface area contributed by atoms with Gasteiger partial charge in [0.15, 0.2) is 0 Å². The second-order valence-electron chi connectivity index (χ2n) is 9.94. The molecule has 4 heteroatoms. The average Bonchev–Trinajstić information content (AvgIpc) is 2.96. The molecule has 5 aliphatic rings. The first-order valence-corrected chi connectivity index (χ1v) is 11.3. The van der Waals surface area contributed by atoms with Gasteiger partial charge in [-0.2, -0.15) is 0 Å². The molecule has 0 aromatic heterocycles. The molecule has 1 aliphatic heterocycles. The lowest BCUT2D eigenvalue weighted by atomic mass is 9.49. The van der Waals surface area contributed by atoms with E-state index < -0.39 is 0 Å². The fourth-order valence-corrected chi connectivity index (χ4v) is 6.80. The van der Waals surface area contributed by atoms with Gasteiger partial charge in [0.1, 0.15) is 0 Å². The van der Waals surface area contributed by atoms with Gasteiger partial charge >= 0.3 is 0 Å². The van der Waals surface area contributed by atoms with Crippen molar-refractivity contribution in [3.63, 3.8) is 0 Å². The van der Waals surface area contributed by atoms with Crippen LogP contribution >= 0.6 is 0 Å². The SMILES string of the molecule is O=C(c1ccc(NC(=O)C23CC4CC(CC(C4)C2)C3)cc1)N1CCCCCC1. The minimum absolute atomic E-state index is 0.126. The van der Waals surface area contributed by atoms with Gasteiger partial charge in [-0.25, -0.2) is 0 Å². The minimum Gasteiger partial charge on any atom is -0.339 e. The smallest absolute Gasteiger partial charge is 0.253 e. The second kappa shape index (κ2) is 7.20. The Morgan fingerprint density at radius 1 is 0.821 bits per heavy atom. The molecular weight excluding hydrogens is 348 g/mol. The summed E-state index contributed by atoms with van der Waals surface area (Å²) in [5.41, 5.74) is 1.43. The monoisotopic (exact) mass is 380 g/mol. The number of amides is 2. The van der Waals surface area contributed by atoms with Crippen LogP contribution in [0.5, 0.6) is 0 Å². The van der Waals surface area contributed by atoms with Crippen LogP contribution in [0, 0.1) is 23.2 Å². The second-order valence-corrected chi connectivity index (χ2v) is 9.94. The molecule has 1 aromatic carbocycles. The van der Waals surface area contributed by atoms with E-state index in [4.69, 9.17) is 0 Å². The highest BCUT2D eigenvalue weighted by molar-refractivity contribution is 5.97. The summed E-state index contributed by atoms with van der Waals surface area (Å²) in [6, 6.07) is 7.57. The summed E-state index contributed by atoms with van der Waals surface area (Å²) in [4.78, 5) is 27.9. The van der Waals surface area contributed by atoms with Gasteiger partial charge < -0.3 is 10.2 Å². The molecule has 150 valence electrons. The molecule has 6 rings (SSSR count). The number of likely N-dealkylation sites (tertiary alicyclic amines) is 1. The molecule has 4 saturated carbocycles. The molecule has 1 saturated heterocycles. The van der Waals surface area contributed by atoms with E-state index in [0.717, 1.165) is 74.2 Å². The van der Waals surface area contributed by atoms with E-state index in [1.807, 2.05) is 29.2 Å². The van der Waals surface area contributed by atoms with Gasteiger partial charge in [-0.1, -0.05) is 12.8 Å². The van der Waals surface area contributed by atoms with Crippen LogP contribution in [-0.4, -0.2) is 29.8 Å². The molecule has 4 bridgehead atoms. The van der Waals surface area contributed by atoms with E-state index >= 15 is 0 Å². The molecule has 0 atom stereocenters. The van der Waals surface area contributed by atoms with Crippen LogP contribution in [0.1, 0.15) is 74.6 Å². The molecule has 0 spiro atoms. The summed E-state index contributed by atoms with van der Waals surface area (Å²) in [6.07, 6.45) is 11.9. The first kappa shape index (κ1) is 18.2. The summed E-state index contributed by atoms with van der Waals surface area (Å²) in [6.45, 7) is 1.73. The summed E-state index contributed by atoms with van der Waals surface area (Å²) in [5, 5.41) is 3.19. The molecular formula is C24H32N2O2. The highest BCUT2D eigenvalue weighted by Gasteiger charge is 2.54. The Bertz CT molecular complexity index is 711. The number of nitrogens with zero attached hydrogens (tertiary/aromatic N) is 1. The van der Waals surface area contributed by atoms with Gasteiger partial charge in [0.05, 0.1) is 5.41 Å². The zero-order valence-electron chi connectivity index (χ0n) is 16.8. The number of hydrogen-bond acceptors (Lipinski definition) is 2. The van der Waals surface area contributed by atoms with Crippen LogP contribution in [0.2, 0.25) is 0 Å². The number of benzene rings is 1. The molecule has 5 fully saturated rings. The van der Waals surface area contributed by atoms with Gasteiger partial charge in [0, 0.05) is 24.3 Å². The number of hydrogen-bond donors (Lipinski definition) is 1. The Morgan fingerprint density at radius 3 is 1.89 bits per heavy atom. The van der Waals surface area contributed by atoms with Crippen LogP contribution in [0.3, 0.4) is 0 Å². The van der Waals surface area contributed by atoms with Crippen LogP contribution < -0.4 is 5.32 Å². The van der Waals surface area contributed by atoms with Gasteiger partial charge in [0.2, 0.25) is 5.91 Å². The topological polar surface area (TPSA) is 49.4 Å². The number of nitrogens with one attached hydrogen (secondary N) is 1. The van der Waals surface area contributed by atoms with E-state index in [0.29, 0.717) is 0 Å². The minimum atomic E-state index is -0.130. The Kier molecular flexibility index (Phi) is 4.68. The van der Waals surface area contributed by atoms with Crippen molar-refractivity contribution in [1.82, 2.24) is 4.90 Å². The van der Waals surface area contributed by atoms with Crippen molar-refractivity contribution in [3.05, 3.63) is 29.8 Å². The van der Waals surface area contributed by atoms with Crippen molar-refractivity contribution >= 4 is 17.5 Å². The van der Waals surface area contributed by atoms with Crippen LogP contribution in [-0.2, 0) is 4.79 Å². The highest BCUT2D eigenvalue weighted by Crippen LogP contribution is 2.60. The zero-order chi connectivity index (χ0) is 19.1. The molecule has 28 heavy (non-hydrogen) atoms. The van der Waals surface area contributed by atoms with Crippen molar-refractivity contribution in [2.45, 2.75) is 64.2 Å². The third-order valence-electron chi connectivity index (χ3n) is 7.80. The quantitative estimate of drug-likeness (QED) is 0.814. The fourth-order valence-electron chi connectivity index (χ4n) is 6.80.